The molecule has 2 aromatic heterocycles. The van der Waals surface area contributed by atoms with Gasteiger partial charge in [-0.2, -0.15) is 0 Å². The molecule has 1 aliphatic heterocycles. The third kappa shape index (κ3) is 6.09. The number of likely N-dealkylation sites (tertiary alicyclic amines) is 1. The molecule has 0 radical (unpaired) electrons. The quantitative estimate of drug-likeness (QED) is 0.248. The highest BCUT2D eigenvalue weighted by molar-refractivity contribution is 5.83. The fraction of sp³-hybridized carbons (Fsp3) is 0.484. The van der Waals surface area contributed by atoms with E-state index in [4.69, 9.17) is 25.2 Å². The Morgan fingerprint density at radius 3 is 2.59 bits per heavy atom. The number of para-hydroxylation sites is 3. The third-order valence-electron chi connectivity index (χ3n) is 7.81. The van der Waals surface area contributed by atoms with Crippen molar-refractivity contribution in [3.05, 3.63) is 66.4 Å². The van der Waals surface area contributed by atoms with E-state index in [1.54, 1.807) is 0 Å². The summed E-state index contributed by atoms with van der Waals surface area (Å²) in [5.41, 5.74) is 10.0. The number of nitrogens with one attached hydrogen (secondary N) is 1. The maximum atomic E-state index is 6.61. The zero-order chi connectivity index (χ0) is 27.2. The highest BCUT2D eigenvalue weighted by atomic mass is 16.5. The topological polar surface area (TPSA) is 90.5 Å². The van der Waals surface area contributed by atoms with Crippen LogP contribution in [0.15, 0.2) is 60.8 Å². The molecule has 0 spiro atoms. The van der Waals surface area contributed by atoms with Gasteiger partial charge in [-0.1, -0.05) is 50.2 Å². The van der Waals surface area contributed by atoms with Crippen molar-refractivity contribution in [1.82, 2.24) is 19.4 Å². The van der Waals surface area contributed by atoms with E-state index in [-0.39, 0.29) is 0 Å². The molecule has 2 atom stereocenters. The van der Waals surface area contributed by atoms with Crippen LogP contribution in [-0.2, 0) is 9.47 Å². The number of nitrogens with zero attached hydrogens (tertiary/aromatic N) is 4. The van der Waals surface area contributed by atoms with Crippen molar-refractivity contribution in [1.29, 1.82) is 0 Å². The number of imidazole rings is 1. The van der Waals surface area contributed by atoms with Gasteiger partial charge in [-0.15, -0.1) is 0 Å². The summed E-state index contributed by atoms with van der Waals surface area (Å²) < 4.78 is 14.4. The zero-order valence-electron chi connectivity index (χ0n) is 23.4. The Morgan fingerprint density at radius 2 is 1.82 bits per heavy atom. The highest BCUT2D eigenvalue weighted by Crippen LogP contribution is 2.34. The maximum absolute atomic E-state index is 6.61. The van der Waals surface area contributed by atoms with Gasteiger partial charge in [0.2, 0.25) is 5.95 Å². The Labute approximate surface area is 231 Å². The van der Waals surface area contributed by atoms with Crippen LogP contribution in [0, 0.1) is 5.92 Å². The summed E-state index contributed by atoms with van der Waals surface area (Å²) >= 11 is 0. The fourth-order valence-electron chi connectivity index (χ4n) is 5.78. The second-order valence-corrected chi connectivity index (χ2v) is 10.6. The lowest BCUT2D eigenvalue weighted by Crippen LogP contribution is -2.49. The lowest BCUT2D eigenvalue weighted by atomic mass is 9.97. The number of hydrogen-bond acceptors (Lipinski definition) is 7. The number of fused-ring (bicyclic) bond motifs is 2. The van der Waals surface area contributed by atoms with Crippen molar-refractivity contribution in [3.8, 4) is 0 Å². The molecule has 8 nitrogen and oxygen atoms in total. The van der Waals surface area contributed by atoms with Crippen molar-refractivity contribution in [2.24, 2.45) is 11.7 Å². The van der Waals surface area contributed by atoms with E-state index < -0.39 is 6.23 Å². The zero-order valence-corrected chi connectivity index (χ0v) is 23.4. The molecule has 1 aliphatic rings. The maximum Gasteiger partial charge on any atom is 0.206 e. The van der Waals surface area contributed by atoms with Crippen LogP contribution < -0.4 is 11.1 Å². The molecular weight excluding hydrogens is 488 g/mol. The van der Waals surface area contributed by atoms with Gasteiger partial charge in [0.25, 0.3) is 0 Å². The van der Waals surface area contributed by atoms with E-state index in [0.717, 1.165) is 59.4 Å². The molecule has 0 aliphatic carbocycles. The van der Waals surface area contributed by atoms with Crippen molar-refractivity contribution in [2.45, 2.75) is 51.9 Å². The van der Waals surface area contributed by atoms with Gasteiger partial charge in [-0.05, 0) is 43.9 Å². The molecule has 0 saturated carbocycles. The first-order valence-electron chi connectivity index (χ1n) is 14.3. The predicted octanol–water partition coefficient (Wildman–Crippen LogP) is 5.04. The normalized spacial score (nSPS) is 16.7. The van der Waals surface area contributed by atoms with Gasteiger partial charge in [0.1, 0.15) is 0 Å². The Bertz CT molecular complexity index is 1340. The van der Waals surface area contributed by atoms with Gasteiger partial charge >= 0.3 is 0 Å². The number of ether oxygens (including phenoxy) is 2. The Hall–Kier alpha value is -3.04. The van der Waals surface area contributed by atoms with E-state index >= 15 is 0 Å². The first kappa shape index (κ1) is 27.5. The number of hydrogen-bond donors (Lipinski definition) is 2. The monoisotopic (exact) mass is 530 g/mol. The molecule has 1 saturated heterocycles. The number of piperidine rings is 1. The van der Waals surface area contributed by atoms with Crippen molar-refractivity contribution in [3.63, 3.8) is 0 Å². The second kappa shape index (κ2) is 12.9. The van der Waals surface area contributed by atoms with Crippen LogP contribution in [0.4, 0.5) is 5.95 Å². The van der Waals surface area contributed by atoms with Crippen LogP contribution in [-0.4, -0.2) is 71.0 Å². The van der Waals surface area contributed by atoms with Gasteiger partial charge < -0.3 is 20.5 Å². The SMILES string of the molecule is CCOCCOC(c1cccc2cccnc12)n1c(NC2CCN(C(CN)C(C)C)CC2)nc2ccccc21. The summed E-state index contributed by atoms with van der Waals surface area (Å²) in [5, 5.41) is 4.89. The van der Waals surface area contributed by atoms with E-state index in [9.17, 15) is 0 Å². The molecule has 208 valence electrons. The summed E-state index contributed by atoms with van der Waals surface area (Å²) in [4.78, 5) is 12.4. The Balaban J connectivity index is 1.49. The average molecular weight is 531 g/mol. The van der Waals surface area contributed by atoms with Gasteiger partial charge in [-0.3, -0.25) is 14.5 Å². The van der Waals surface area contributed by atoms with Crippen LogP contribution in [0.1, 0.15) is 45.4 Å². The molecule has 8 heteroatoms. The van der Waals surface area contributed by atoms with E-state index in [0.29, 0.717) is 44.4 Å². The average Bonchev–Trinajstić information content (AvgIpc) is 3.31. The van der Waals surface area contributed by atoms with Crippen molar-refractivity contribution < 1.29 is 9.47 Å². The molecule has 0 bridgehead atoms. The molecule has 4 aromatic rings. The molecule has 2 aromatic carbocycles. The minimum absolute atomic E-state index is 0.317. The van der Waals surface area contributed by atoms with Crippen LogP contribution in [0.25, 0.3) is 21.9 Å². The number of benzene rings is 2. The molecule has 3 heterocycles. The smallest absolute Gasteiger partial charge is 0.206 e. The van der Waals surface area contributed by atoms with Crippen LogP contribution in [0.5, 0.6) is 0 Å². The van der Waals surface area contributed by atoms with E-state index in [2.05, 4.69) is 71.1 Å². The van der Waals surface area contributed by atoms with Gasteiger partial charge in [-0.25, -0.2) is 4.98 Å². The predicted molar refractivity (Wildman–Crippen MR) is 158 cm³/mol. The van der Waals surface area contributed by atoms with Crippen molar-refractivity contribution in [2.75, 3.05) is 44.8 Å². The van der Waals surface area contributed by atoms with Crippen LogP contribution in [0.3, 0.4) is 0 Å². The highest BCUT2D eigenvalue weighted by Gasteiger charge is 2.29. The fourth-order valence-corrected chi connectivity index (χ4v) is 5.78. The number of aromatic nitrogens is 3. The lowest BCUT2D eigenvalue weighted by molar-refractivity contribution is -0.00391. The summed E-state index contributed by atoms with van der Waals surface area (Å²) in [6.07, 6.45) is 3.51. The summed E-state index contributed by atoms with van der Waals surface area (Å²) in [6.45, 7) is 10.9. The van der Waals surface area contributed by atoms with Gasteiger partial charge in [0, 0.05) is 55.5 Å². The van der Waals surface area contributed by atoms with Crippen LogP contribution >= 0.6 is 0 Å². The second-order valence-electron chi connectivity index (χ2n) is 10.6. The third-order valence-corrected chi connectivity index (χ3v) is 7.81. The molecular formula is C31H42N6O2. The number of anilines is 1. The number of nitrogens with two attached hydrogens (primary N) is 1. The molecule has 39 heavy (non-hydrogen) atoms. The number of rotatable bonds is 12. The minimum atomic E-state index is -0.415. The Kier molecular flexibility index (Phi) is 9.09. The van der Waals surface area contributed by atoms with Gasteiger partial charge in [0.15, 0.2) is 6.23 Å². The minimum Gasteiger partial charge on any atom is -0.379 e. The molecule has 5 rings (SSSR count). The molecule has 0 amide bonds. The standard InChI is InChI=1S/C31H42N6O2/c1-4-38-19-20-39-30(25-11-7-9-23-10-8-16-33-29(23)25)37-27-13-6-5-12-26(27)35-31(37)34-24-14-17-36(18-15-24)28(21-32)22(2)3/h5-13,16,22,24,28,30H,4,14-15,17-21,32H2,1-3H3,(H,34,35). The Morgan fingerprint density at radius 1 is 1.03 bits per heavy atom. The van der Waals surface area contributed by atoms with E-state index in [1.165, 1.54) is 0 Å². The largest absolute Gasteiger partial charge is 0.379 e. The molecule has 2 unspecified atom stereocenters. The summed E-state index contributed by atoms with van der Waals surface area (Å²) in [5.74, 6) is 1.37. The van der Waals surface area contributed by atoms with Crippen LogP contribution in [0.2, 0.25) is 0 Å². The summed E-state index contributed by atoms with van der Waals surface area (Å²) in [7, 11) is 0. The first-order chi connectivity index (χ1) is 19.1. The molecule has 1 fully saturated rings. The molecule has 3 N–H and O–H groups in total. The number of pyridine rings is 1. The van der Waals surface area contributed by atoms with Crippen molar-refractivity contribution >= 4 is 27.9 Å². The van der Waals surface area contributed by atoms with Gasteiger partial charge in [0.05, 0.1) is 29.8 Å². The summed E-state index contributed by atoms with van der Waals surface area (Å²) in [6, 6.07) is 19.3. The lowest BCUT2D eigenvalue weighted by Gasteiger charge is -2.39. The van der Waals surface area contributed by atoms with E-state index in [1.807, 2.05) is 25.3 Å². The first-order valence-corrected chi connectivity index (χ1v) is 14.3.